The number of nitrogens with one attached hydrogen (secondary N) is 1. The molecule has 1 aromatic carbocycles. The van der Waals surface area contributed by atoms with Crippen molar-refractivity contribution in [1.29, 1.82) is 0 Å². The SMILES string of the molecule is CC(C)Oc1ccc(NC(=O)Br)cc1. The highest BCUT2D eigenvalue weighted by atomic mass is 79.9. The third-order valence-electron chi connectivity index (χ3n) is 1.47. The van der Waals surface area contributed by atoms with Gasteiger partial charge in [-0.05, 0) is 38.1 Å². The van der Waals surface area contributed by atoms with Crippen molar-refractivity contribution in [3.63, 3.8) is 0 Å². The van der Waals surface area contributed by atoms with Gasteiger partial charge < -0.3 is 10.1 Å². The van der Waals surface area contributed by atoms with Crippen LogP contribution in [0.15, 0.2) is 24.3 Å². The normalized spacial score (nSPS) is 10.0. The third kappa shape index (κ3) is 3.79. The molecule has 76 valence electrons. The van der Waals surface area contributed by atoms with Gasteiger partial charge in [-0.1, -0.05) is 0 Å². The highest BCUT2D eigenvalue weighted by Gasteiger charge is 1.99. The summed E-state index contributed by atoms with van der Waals surface area (Å²) in [5.74, 6) is 0.799. The second kappa shape index (κ2) is 5.00. The van der Waals surface area contributed by atoms with Crippen LogP contribution >= 0.6 is 15.9 Å². The van der Waals surface area contributed by atoms with Crippen molar-refractivity contribution in [1.82, 2.24) is 0 Å². The van der Waals surface area contributed by atoms with Crippen molar-refractivity contribution < 1.29 is 9.53 Å². The molecule has 0 aliphatic carbocycles. The van der Waals surface area contributed by atoms with Crippen LogP contribution in [0.25, 0.3) is 0 Å². The number of carbonyl (C=O) groups excluding carboxylic acids is 1. The van der Waals surface area contributed by atoms with Crippen LogP contribution in [0.5, 0.6) is 5.75 Å². The van der Waals surface area contributed by atoms with Crippen LogP contribution in [0.3, 0.4) is 0 Å². The number of benzene rings is 1. The van der Waals surface area contributed by atoms with E-state index in [1.807, 2.05) is 26.0 Å². The summed E-state index contributed by atoms with van der Waals surface area (Å²) in [6.45, 7) is 3.93. The Morgan fingerprint density at radius 1 is 1.36 bits per heavy atom. The molecule has 4 heteroatoms. The molecule has 14 heavy (non-hydrogen) atoms. The summed E-state index contributed by atoms with van der Waals surface area (Å²) in [5.41, 5.74) is 0.739. The summed E-state index contributed by atoms with van der Waals surface area (Å²) in [7, 11) is 0. The van der Waals surface area contributed by atoms with E-state index in [2.05, 4.69) is 21.2 Å². The molecule has 0 spiro atoms. The maximum absolute atomic E-state index is 10.7. The van der Waals surface area contributed by atoms with E-state index in [9.17, 15) is 4.79 Å². The Balaban J connectivity index is 2.63. The van der Waals surface area contributed by atoms with E-state index in [0.717, 1.165) is 11.4 Å². The van der Waals surface area contributed by atoms with Crippen LogP contribution in [-0.4, -0.2) is 10.9 Å². The Kier molecular flexibility index (Phi) is 3.95. The Morgan fingerprint density at radius 2 is 1.93 bits per heavy atom. The first-order chi connectivity index (χ1) is 6.58. The molecule has 0 fully saturated rings. The summed E-state index contributed by atoms with van der Waals surface area (Å²) in [6.07, 6.45) is 0.159. The summed E-state index contributed by atoms with van der Waals surface area (Å²) in [4.78, 5) is 10.4. The Bertz CT molecular complexity index is 308. The van der Waals surface area contributed by atoms with Crippen LogP contribution in [-0.2, 0) is 0 Å². The van der Waals surface area contributed by atoms with Crippen molar-refractivity contribution in [2.45, 2.75) is 20.0 Å². The average molecular weight is 258 g/mol. The molecule has 0 heterocycles. The van der Waals surface area contributed by atoms with Gasteiger partial charge in [0.05, 0.1) is 6.10 Å². The Hall–Kier alpha value is -1.03. The highest BCUT2D eigenvalue weighted by molar-refractivity contribution is 9.18. The lowest BCUT2D eigenvalue weighted by molar-refractivity contribution is 0.242. The van der Waals surface area contributed by atoms with E-state index in [1.165, 1.54) is 0 Å². The van der Waals surface area contributed by atoms with Crippen LogP contribution in [0.4, 0.5) is 10.5 Å². The minimum absolute atomic E-state index is 0.159. The number of hydrogen-bond acceptors (Lipinski definition) is 2. The van der Waals surface area contributed by atoms with Gasteiger partial charge in [0, 0.05) is 21.6 Å². The fourth-order valence-corrected chi connectivity index (χ4v) is 1.23. The molecular formula is C10H12BrNO2. The fourth-order valence-electron chi connectivity index (χ4n) is 1.00. The van der Waals surface area contributed by atoms with E-state index in [1.54, 1.807) is 12.1 Å². The lowest BCUT2D eigenvalue weighted by Gasteiger charge is -2.09. The van der Waals surface area contributed by atoms with Gasteiger partial charge in [-0.2, -0.15) is 0 Å². The van der Waals surface area contributed by atoms with Gasteiger partial charge in [-0.15, -0.1) is 0 Å². The summed E-state index contributed by atoms with van der Waals surface area (Å²) >= 11 is 2.79. The number of ether oxygens (including phenoxy) is 1. The van der Waals surface area contributed by atoms with Crippen LogP contribution in [0.1, 0.15) is 13.8 Å². The topological polar surface area (TPSA) is 38.3 Å². The smallest absolute Gasteiger partial charge is 0.291 e. The van der Waals surface area contributed by atoms with Gasteiger partial charge in [-0.25, -0.2) is 0 Å². The van der Waals surface area contributed by atoms with E-state index in [0.29, 0.717) is 0 Å². The molecule has 0 aromatic heterocycles. The molecule has 1 N–H and O–H groups in total. The van der Waals surface area contributed by atoms with E-state index in [4.69, 9.17) is 4.74 Å². The quantitative estimate of drug-likeness (QED) is 0.666. The molecule has 1 amide bonds. The lowest BCUT2D eigenvalue weighted by atomic mass is 10.3. The highest BCUT2D eigenvalue weighted by Crippen LogP contribution is 2.17. The first-order valence-corrected chi connectivity index (χ1v) is 5.10. The number of anilines is 1. The zero-order chi connectivity index (χ0) is 10.6. The molecule has 0 atom stereocenters. The van der Waals surface area contributed by atoms with Crippen molar-refractivity contribution >= 4 is 26.4 Å². The van der Waals surface area contributed by atoms with Gasteiger partial charge in [0.15, 0.2) is 0 Å². The van der Waals surface area contributed by atoms with Crippen molar-refractivity contribution in [2.24, 2.45) is 0 Å². The summed E-state index contributed by atoms with van der Waals surface area (Å²) in [6, 6.07) is 7.21. The zero-order valence-electron chi connectivity index (χ0n) is 8.08. The maximum Gasteiger partial charge on any atom is 0.291 e. The molecule has 0 radical (unpaired) electrons. The monoisotopic (exact) mass is 257 g/mol. The van der Waals surface area contributed by atoms with Gasteiger partial charge in [-0.3, -0.25) is 4.79 Å². The molecule has 0 bridgehead atoms. The van der Waals surface area contributed by atoms with Crippen molar-refractivity contribution in [3.8, 4) is 5.75 Å². The predicted molar refractivity (Wildman–Crippen MR) is 60.2 cm³/mol. The molecule has 0 unspecified atom stereocenters. The molecule has 1 rings (SSSR count). The summed E-state index contributed by atoms with van der Waals surface area (Å²) < 4.78 is 5.45. The largest absolute Gasteiger partial charge is 0.491 e. The number of rotatable bonds is 3. The molecule has 3 nitrogen and oxygen atoms in total. The van der Waals surface area contributed by atoms with Crippen molar-refractivity contribution in [2.75, 3.05) is 5.32 Å². The number of amides is 1. The van der Waals surface area contributed by atoms with Crippen LogP contribution < -0.4 is 10.1 Å². The van der Waals surface area contributed by atoms with Gasteiger partial charge in [0.2, 0.25) is 0 Å². The lowest BCUT2D eigenvalue weighted by Crippen LogP contribution is -2.05. The summed E-state index contributed by atoms with van der Waals surface area (Å²) in [5, 5.41) is 2.61. The molecular weight excluding hydrogens is 246 g/mol. The Labute approximate surface area is 91.6 Å². The fraction of sp³-hybridized carbons (Fsp3) is 0.300. The number of carbonyl (C=O) groups is 1. The maximum atomic E-state index is 10.7. The molecule has 0 aliphatic heterocycles. The number of hydrogen-bond donors (Lipinski definition) is 1. The number of halogens is 1. The van der Waals surface area contributed by atoms with Crippen LogP contribution in [0, 0.1) is 0 Å². The predicted octanol–water partition coefficient (Wildman–Crippen LogP) is 3.40. The van der Waals surface area contributed by atoms with Gasteiger partial charge >= 0.3 is 0 Å². The molecule has 1 aromatic rings. The van der Waals surface area contributed by atoms with E-state index >= 15 is 0 Å². The first kappa shape index (κ1) is 11.0. The van der Waals surface area contributed by atoms with Crippen LogP contribution in [0.2, 0.25) is 0 Å². The van der Waals surface area contributed by atoms with Gasteiger partial charge in [0.25, 0.3) is 4.82 Å². The van der Waals surface area contributed by atoms with E-state index < -0.39 is 0 Å². The minimum Gasteiger partial charge on any atom is -0.491 e. The second-order valence-corrected chi connectivity index (χ2v) is 3.81. The molecule has 0 saturated heterocycles. The van der Waals surface area contributed by atoms with E-state index in [-0.39, 0.29) is 10.9 Å². The minimum atomic E-state index is -0.255. The first-order valence-electron chi connectivity index (χ1n) is 4.31. The standard InChI is InChI=1S/C10H12BrNO2/c1-7(2)14-9-5-3-8(4-6-9)12-10(11)13/h3-7H,1-2H3,(H,12,13). The Morgan fingerprint density at radius 3 is 2.36 bits per heavy atom. The average Bonchev–Trinajstić information content (AvgIpc) is 2.06. The van der Waals surface area contributed by atoms with Gasteiger partial charge in [0.1, 0.15) is 5.75 Å². The zero-order valence-corrected chi connectivity index (χ0v) is 9.67. The second-order valence-electron chi connectivity index (χ2n) is 3.09. The molecule has 0 aliphatic rings. The third-order valence-corrected chi connectivity index (χ3v) is 1.67. The van der Waals surface area contributed by atoms with Crippen molar-refractivity contribution in [3.05, 3.63) is 24.3 Å². The molecule has 0 saturated carbocycles.